The summed E-state index contributed by atoms with van der Waals surface area (Å²) >= 11 is 0. The molecule has 6 aromatic rings. The zero-order valence-electron chi connectivity index (χ0n) is 15.3. The number of benzene rings is 2. The van der Waals surface area contributed by atoms with Crippen molar-refractivity contribution in [3.63, 3.8) is 0 Å². The van der Waals surface area contributed by atoms with Crippen molar-refractivity contribution in [2.75, 3.05) is 0 Å². The molecule has 4 nitrogen and oxygen atoms in total. The average Bonchev–Trinajstić information content (AvgIpc) is 2.78. The first-order chi connectivity index (χ1) is 13.9. The number of rotatable bonds is 1. The van der Waals surface area contributed by atoms with Crippen LogP contribution in [0.4, 0.5) is 0 Å². The van der Waals surface area contributed by atoms with Gasteiger partial charge in [0, 0.05) is 66.9 Å². The van der Waals surface area contributed by atoms with Gasteiger partial charge < -0.3 is 0 Å². The maximum atomic E-state index is 4.57. The zero-order chi connectivity index (χ0) is 18.5. The molecule has 4 aromatic heterocycles. The molecule has 0 aliphatic rings. The van der Waals surface area contributed by atoms with Gasteiger partial charge >= 0.3 is 0 Å². The first kappa shape index (κ1) is 18.2. The van der Waals surface area contributed by atoms with Gasteiger partial charge in [0.25, 0.3) is 0 Å². The van der Waals surface area contributed by atoms with Crippen molar-refractivity contribution in [1.82, 2.24) is 19.9 Å². The molecule has 5 heteroatoms. The Labute approximate surface area is 191 Å². The molecular formula is C24H12N4Y-2. The standard InChI is InChI=1S/C24H12N4.Y/c1-3-15-5-7-19-17(9-13-27-23(19)21(15)25-11-1)18-10-14-28-24-20(18)8-6-16-4-2-12-26-22(16)24;/h1-8,11-14H;/q-2;. The van der Waals surface area contributed by atoms with E-state index < -0.39 is 0 Å². The molecule has 2 aromatic carbocycles. The summed E-state index contributed by atoms with van der Waals surface area (Å²) in [7, 11) is 0. The fourth-order valence-electron chi connectivity index (χ4n) is 3.82. The van der Waals surface area contributed by atoms with Gasteiger partial charge in [-0.05, 0) is 24.5 Å². The van der Waals surface area contributed by atoms with E-state index in [1.807, 2.05) is 24.3 Å². The van der Waals surface area contributed by atoms with Crippen molar-refractivity contribution in [3.8, 4) is 11.1 Å². The van der Waals surface area contributed by atoms with Crippen LogP contribution < -0.4 is 0 Å². The van der Waals surface area contributed by atoms with E-state index in [0.29, 0.717) is 0 Å². The predicted octanol–water partition coefficient (Wildman–Crippen LogP) is 5.14. The third kappa shape index (κ3) is 2.83. The maximum Gasteiger partial charge on any atom is 0.0828 e. The van der Waals surface area contributed by atoms with Gasteiger partial charge in [-0.15, -0.1) is 12.1 Å². The van der Waals surface area contributed by atoms with Crippen LogP contribution in [0.25, 0.3) is 54.7 Å². The van der Waals surface area contributed by atoms with Crippen molar-refractivity contribution >= 4 is 43.6 Å². The summed E-state index contributed by atoms with van der Waals surface area (Å²) in [6.07, 6.45) is 7.02. The van der Waals surface area contributed by atoms with Crippen LogP contribution in [0, 0.1) is 12.1 Å². The van der Waals surface area contributed by atoms with Crippen molar-refractivity contribution in [3.05, 3.63) is 85.5 Å². The van der Waals surface area contributed by atoms with Gasteiger partial charge in [-0.1, -0.05) is 24.3 Å². The second-order valence-electron chi connectivity index (χ2n) is 6.63. The minimum atomic E-state index is 0. The molecule has 29 heavy (non-hydrogen) atoms. The van der Waals surface area contributed by atoms with Gasteiger partial charge in [0.15, 0.2) is 0 Å². The summed E-state index contributed by atoms with van der Waals surface area (Å²) in [5.74, 6) is 0. The summed E-state index contributed by atoms with van der Waals surface area (Å²) in [5.41, 5.74) is 5.40. The molecule has 0 amide bonds. The van der Waals surface area contributed by atoms with Crippen LogP contribution in [-0.4, -0.2) is 19.9 Å². The summed E-state index contributed by atoms with van der Waals surface area (Å²) < 4.78 is 0. The van der Waals surface area contributed by atoms with Crippen molar-refractivity contribution in [2.45, 2.75) is 0 Å². The van der Waals surface area contributed by atoms with E-state index in [-0.39, 0.29) is 32.7 Å². The molecule has 0 saturated heterocycles. The van der Waals surface area contributed by atoms with Gasteiger partial charge in [-0.3, -0.25) is 31.1 Å². The minimum absolute atomic E-state index is 0. The Morgan fingerprint density at radius 3 is 1.48 bits per heavy atom. The summed E-state index contributed by atoms with van der Waals surface area (Å²) in [6, 6.07) is 22.9. The van der Waals surface area contributed by atoms with Crippen molar-refractivity contribution in [1.29, 1.82) is 0 Å². The Bertz CT molecular complexity index is 1410. The number of hydrogen-bond donors (Lipinski definition) is 0. The number of fused-ring (bicyclic) bond motifs is 6. The van der Waals surface area contributed by atoms with Crippen LogP contribution in [0.2, 0.25) is 0 Å². The van der Waals surface area contributed by atoms with Gasteiger partial charge in [0.05, 0.1) is 11.0 Å². The molecule has 133 valence electrons. The van der Waals surface area contributed by atoms with Gasteiger partial charge in [0.1, 0.15) is 0 Å². The Morgan fingerprint density at radius 2 is 1.00 bits per heavy atom. The summed E-state index contributed by atoms with van der Waals surface area (Å²) in [6.45, 7) is 0. The van der Waals surface area contributed by atoms with Gasteiger partial charge in [-0.25, -0.2) is 12.1 Å². The Balaban J connectivity index is 0.00000181. The smallest absolute Gasteiger partial charge is 0.0828 e. The van der Waals surface area contributed by atoms with Crippen LogP contribution in [0.5, 0.6) is 0 Å². The van der Waals surface area contributed by atoms with Gasteiger partial charge in [0.2, 0.25) is 0 Å². The fraction of sp³-hybridized carbons (Fsp3) is 0. The molecule has 0 aliphatic heterocycles. The SMILES string of the molecule is [Y].[c-]1cnc2c(ccc3cccnc32)c1-c1[c-]cnc2c1ccc1cccnc12. The largest absolute Gasteiger partial charge is 0.286 e. The normalized spacial score (nSPS) is 11.2. The zero-order valence-corrected chi connectivity index (χ0v) is 18.1. The van der Waals surface area contributed by atoms with E-state index in [4.69, 9.17) is 0 Å². The Hall–Kier alpha value is -2.82. The molecule has 1 radical (unpaired) electrons. The second kappa shape index (κ2) is 7.21. The molecule has 0 aliphatic carbocycles. The monoisotopic (exact) mass is 445 g/mol. The van der Waals surface area contributed by atoms with Crippen LogP contribution in [0.3, 0.4) is 0 Å². The second-order valence-corrected chi connectivity index (χ2v) is 6.63. The van der Waals surface area contributed by atoms with E-state index >= 15 is 0 Å². The molecular weight excluding hydrogens is 433 g/mol. The number of nitrogens with zero attached hydrogens (tertiary/aromatic N) is 4. The van der Waals surface area contributed by atoms with Crippen LogP contribution in [-0.2, 0) is 32.7 Å². The third-order valence-electron chi connectivity index (χ3n) is 5.09. The minimum Gasteiger partial charge on any atom is -0.286 e. The molecule has 0 atom stereocenters. The predicted molar refractivity (Wildman–Crippen MR) is 111 cm³/mol. The van der Waals surface area contributed by atoms with E-state index in [1.54, 1.807) is 24.8 Å². The van der Waals surface area contributed by atoms with E-state index in [9.17, 15) is 0 Å². The van der Waals surface area contributed by atoms with Crippen molar-refractivity contribution < 1.29 is 32.7 Å². The van der Waals surface area contributed by atoms with Crippen LogP contribution >= 0.6 is 0 Å². The first-order valence-electron chi connectivity index (χ1n) is 8.99. The number of hydrogen-bond acceptors (Lipinski definition) is 4. The molecule has 4 heterocycles. The van der Waals surface area contributed by atoms with Gasteiger partial charge in [-0.2, -0.15) is 10.8 Å². The molecule has 0 saturated carbocycles. The molecule has 6 rings (SSSR count). The Kier molecular flexibility index (Phi) is 4.53. The summed E-state index contributed by atoms with van der Waals surface area (Å²) in [4.78, 5) is 18.2. The summed E-state index contributed by atoms with van der Waals surface area (Å²) in [5, 5.41) is 4.13. The van der Waals surface area contributed by atoms with E-state index in [1.165, 1.54) is 0 Å². The third-order valence-corrected chi connectivity index (χ3v) is 5.09. The number of aromatic nitrogens is 4. The Morgan fingerprint density at radius 1 is 0.517 bits per heavy atom. The molecule has 0 spiro atoms. The van der Waals surface area contributed by atoms with Crippen LogP contribution in [0.15, 0.2) is 73.3 Å². The van der Waals surface area contributed by atoms with Crippen molar-refractivity contribution in [2.24, 2.45) is 0 Å². The molecule has 0 fully saturated rings. The molecule has 0 bridgehead atoms. The average molecular weight is 445 g/mol. The topological polar surface area (TPSA) is 51.6 Å². The quantitative estimate of drug-likeness (QED) is 0.260. The first-order valence-corrected chi connectivity index (χ1v) is 8.99. The number of pyridine rings is 4. The maximum absolute atomic E-state index is 4.57. The fourth-order valence-corrected chi connectivity index (χ4v) is 3.82. The van der Waals surface area contributed by atoms with E-state index in [2.05, 4.69) is 56.3 Å². The van der Waals surface area contributed by atoms with Crippen LogP contribution in [0.1, 0.15) is 0 Å². The van der Waals surface area contributed by atoms with E-state index in [0.717, 1.165) is 54.7 Å². The molecule has 0 unspecified atom stereocenters. The molecule has 0 N–H and O–H groups in total.